The first kappa shape index (κ1) is 18.6. The van der Waals surface area contributed by atoms with Gasteiger partial charge in [0.05, 0.1) is 13.2 Å². The van der Waals surface area contributed by atoms with Gasteiger partial charge in [-0.15, -0.1) is 0 Å². The van der Waals surface area contributed by atoms with E-state index in [1.165, 1.54) is 7.11 Å². The molecule has 8 heteroatoms. The number of nitrogens with zero attached hydrogens (tertiary/aromatic N) is 2. The summed E-state index contributed by atoms with van der Waals surface area (Å²) in [6.45, 7) is 2.70. The zero-order chi connectivity index (χ0) is 17.8. The SMILES string of the molecule is COC(=O)c1cc(Br)cnc1N1CCC(NC2CCOCC2)C(O)C1. The fourth-order valence-corrected chi connectivity index (χ4v) is 3.76. The van der Waals surface area contributed by atoms with Crippen molar-refractivity contribution >= 4 is 27.7 Å². The van der Waals surface area contributed by atoms with Crippen LogP contribution < -0.4 is 10.2 Å². The largest absolute Gasteiger partial charge is 0.465 e. The van der Waals surface area contributed by atoms with E-state index in [0.717, 1.165) is 39.0 Å². The molecule has 0 amide bonds. The van der Waals surface area contributed by atoms with Gasteiger partial charge >= 0.3 is 5.97 Å². The van der Waals surface area contributed by atoms with E-state index in [1.54, 1.807) is 12.3 Å². The highest BCUT2D eigenvalue weighted by molar-refractivity contribution is 9.10. The molecule has 1 aromatic rings. The number of nitrogens with one attached hydrogen (secondary N) is 1. The minimum absolute atomic E-state index is 0.0522. The summed E-state index contributed by atoms with van der Waals surface area (Å²) in [5.41, 5.74) is 0.403. The number of aromatic nitrogens is 1. The number of esters is 1. The second kappa shape index (κ2) is 8.44. The van der Waals surface area contributed by atoms with Crippen LogP contribution in [0.4, 0.5) is 5.82 Å². The molecule has 0 radical (unpaired) electrons. The number of carbonyl (C=O) groups is 1. The number of carbonyl (C=O) groups excluding carboxylic acids is 1. The molecule has 0 aliphatic carbocycles. The summed E-state index contributed by atoms with van der Waals surface area (Å²) < 4.78 is 11.0. The monoisotopic (exact) mass is 413 g/mol. The number of hydrogen-bond donors (Lipinski definition) is 2. The molecule has 0 saturated carbocycles. The van der Waals surface area contributed by atoms with E-state index in [4.69, 9.17) is 9.47 Å². The normalized spacial score (nSPS) is 25.0. The first-order chi connectivity index (χ1) is 12.1. The van der Waals surface area contributed by atoms with E-state index in [-0.39, 0.29) is 6.04 Å². The number of pyridine rings is 1. The standard InChI is InChI=1S/C17H24BrN3O4/c1-24-17(23)13-8-11(18)9-19-16(13)21-5-2-14(15(22)10-21)20-12-3-6-25-7-4-12/h8-9,12,14-15,20,22H,2-7,10H2,1H3. The van der Waals surface area contributed by atoms with Gasteiger partial charge in [0.25, 0.3) is 0 Å². The van der Waals surface area contributed by atoms with Crippen molar-refractivity contribution in [3.8, 4) is 0 Å². The van der Waals surface area contributed by atoms with Crippen LogP contribution >= 0.6 is 15.9 Å². The van der Waals surface area contributed by atoms with Gasteiger partial charge in [-0.25, -0.2) is 9.78 Å². The van der Waals surface area contributed by atoms with Crippen molar-refractivity contribution in [1.82, 2.24) is 10.3 Å². The van der Waals surface area contributed by atoms with Crippen LogP contribution in [0, 0.1) is 0 Å². The number of rotatable bonds is 4. The average Bonchev–Trinajstić information content (AvgIpc) is 2.63. The van der Waals surface area contributed by atoms with Crippen molar-refractivity contribution in [2.75, 3.05) is 38.3 Å². The third kappa shape index (κ3) is 4.49. The van der Waals surface area contributed by atoms with Gasteiger partial charge in [-0.2, -0.15) is 0 Å². The molecular formula is C17H24BrN3O4. The summed E-state index contributed by atoms with van der Waals surface area (Å²) in [4.78, 5) is 18.4. The molecule has 2 aliphatic heterocycles. The Balaban J connectivity index is 1.67. The summed E-state index contributed by atoms with van der Waals surface area (Å²) in [5, 5.41) is 14.1. The zero-order valence-corrected chi connectivity index (χ0v) is 15.9. The summed E-state index contributed by atoms with van der Waals surface area (Å²) >= 11 is 3.34. The van der Waals surface area contributed by atoms with Crippen molar-refractivity contribution in [1.29, 1.82) is 0 Å². The Kier molecular flexibility index (Phi) is 6.27. The highest BCUT2D eigenvalue weighted by Gasteiger charge is 2.32. The zero-order valence-electron chi connectivity index (χ0n) is 14.3. The molecule has 1 aromatic heterocycles. The van der Waals surface area contributed by atoms with Crippen LogP contribution in [0.2, 0.25) is 0 Å². The highest BCUT2D eigenvalue weighted by Crippen LogP contribution is 2.26. The molecule has 2 N–H and O–H groups in total. The number of halogens is 1. The summed E-state index contributed by atoms with van der Waals surface area (Å²) in [6.07, 6.45) is 3.88. The molecule has 2 unspecified atom stereocenters. The van der Waals surface area contributed by atoms with Crippen LogP contribution in [0.3, 0.4) is 0 Å². The van der Waals surface area contributed by atoms with Crippen molar-refractivity contribution < 1.29 is 19.4 Å². The molecule has 25 heavy (non-hydrogen) atoms. The number of anilines is 1. The minimum Gasteiger partial charge on any atom is -0.465 e. The van der Waals surface area contributed by atoms with Crippen molar-refractivity contribution in [3.63, 3.8) is 0 Å². The van der Waals surface area contributed by atoms with E-state index >= 15 is 0 Å². The van der Waals surface area contributed by atoms with E-state index in [0.29, 0.717) is 28.4 Å². The molecule has 0 bridgehead atoms. The third-order valence-corrected chi connectivity index (χ3v) is 5.22. The molecule has 138 valence electrons. The van der Waals surface area contributed by atoms with Gasteiger partial charge in [0.2, 0.25) is 0 Å². The number of β-amino-alcohol motifs (C(OH)–C–C–N with tert-alkyl or cyclic N) is 1. The number of piperidine rings is 1. The third-order valence-electron chi connectivity index (χ3n) is 4.79. The Morgan fingerprint density at radius 3 is 2.88 bits per heavy atom. The molecule has 0 spiro atoms. The maximum absolute atomic E-state index is 12.0. The van der Waals surface area contributed by atoms with Gasteiger partial charge in [-0.3, -0.25) is 0 Å². The second-order valence-electron chi connectivity index (χ2n) is 6.48. The lowest BCUT2D eigenvalue weighted by Gasteiger charge is -2.39. The van der Waals surface area contributed by atoms with E-state index < -0.39 is 12.1 Å². The molecule has 2 fully saturated rings. The van der Waals surface area contributed by atoms with Crippen molar-refractivity contribution in [3.05, 3.63) is 22.3 Å². The smallest absolute Gasteiger partial charge is 0.341 e. The van der Waals surface area contributed by atoms with Crippen molar-refractivity contribution in [2.24, 2.45) is 0 Å². The average molecular weight is 414 g/mol. The van der Waals surface area contributed by atoms with E-state index in [1.807, 2.05) is 4.90 Å². The van der Waals surface area contributed by atoms with E-state index in [9.17, 15) is 9.90 Å². The topological polar surface area (TPSA) is 83.9 Å². The first-order valence-corrected chi connectivity index (χ1v) is 9.38. The van der Waals surface area contributed by atoms with Crippen LogP contribution in [-0.2, 0) is 9.47 Å². The Morgan fingerprint density at radius 1 is 1.44 bits per heavy atom. The summed E-state index contributed by atoms with van der Waals surface area (Å²) in [6, 6.07) is 2.15. The van der Waals surface area contributed by atoms with E-state index in [2.05, 4.69) is 26.2 Å². The minimum atomic E-state index is -0.521. The van der Waals surface area contributed by atoms with Gasteiger partial charge in [0, 0.05) is 49.1 Å². The lowest BCUT2D eigenvalue weighted by atomic mass is 9.98. The molecular weight excluding hydrogens is 390 g/mol. The van der Waals surface area contributed by atoms with Crippen LogP contribution in [0.1, 0.15) is 29.6 Å². The van der Waals surface area contributed by atoms with Crippen LogP contribution in [0.5, 0.6) is 0 Å². The Morgan fingerprint density at radius 2 is 2.20 bits per heavy atom. The predicted octanol–water partition coefficient (Wildman–Crippen LogP) is 1.34. The fourth-order valence-electron chi connectivity index (χ4n) is 3.43. The number of aliphatic hydroxyl groups excluding tert-OH is 1. The number of hydrogen-bond acceptors (Lipinski definition) is 7. The molecule has 7 nitrogen and oxygen atoms in total. The maximum atomic E-state index is 12.0. The number of aliphatic hydroxyl groups is 1. The molecule has 0 aromatic carbocycles. The molecule has 2 aliphatic rings. The molecule has 2 saturated heterocycles. The summed E-state index contributed by atoms with van der Waals surface area (Å²) in [5.74, 6) is 0.124. The molecule has 2 atom stereocenters. The second-order valence-corrected chi connectivity index (χ2v) is 7.39. The fraction of sp³-hybridized carbons (Fsp3) is 0.647. The van der Waals surface area contributed by atoms with Gasteiger partial charge < -0.3 is 24.8 Å². The van der Waals surface area contributed by atoms with Gasteiger partial charge in [0.15, 0.2) is 0 Å². The lowest BCUT2D eigenvalue weighted by molar-refractivity contribution is 0.0560. The number of ether oxygens (including phenoxy) is 2. The van der Waals surface area contributed by atoms with Crippen LogP contribution in [0.25, 0.3) is 0 Å². The summed E-state index contributed by atoms with van der Waals surface area (Å²) in [7, 11) is 1.35. The maximum Gasteiger partial charge on any atom is 0.341 e. The van der Waals surface area contributed by atoms with Crippen LogP contribution in [-0.4, -0.2) is 67.7 Å². The highest BCUT2D eigenvalue weighted by atomic mass is 79.9. The van der Waals surface area contributed by atoms with Crippen molar-refractivity contribution in [2.45, 2.75) is 37.5 Å². The quantitative estimate of drug-likeness (QED) is 0.720. The van der Waals surface area contributed by atoms with Gasteiger partial charge in [-0.1, -0.05) is 0 Å². The Labute approximate surface area is 155 Å². The first-order valence-electron chi connectivity index (χ1n) is 8.59. The van der Waals surface area contributed by atoms with Gasteiger partial charge in [-0.05, 0) is 41.3 Å². The van der Waals surface area contributed by atoms with Gasteiger partial charge in [0.1, 0.15) is 11.4 Å². The Bertz CT molecular complexity index is 610. The Hall–Kier alpha value is -1.22. The molecule has 3 heterocycles. The predicted molar refractivity (Wildman–Crippen MR) is 96.9 cm³/mol. The lowest BCUT2D eigenvalue weighted by Crippen LogP contribution is -2.56. The van der Waals surface area contributed by atoms with Crippen LogP contribution in [0.15, 0.2) is 16.7 Å². The number of methoxy groups -OCH3 is 1. The molecule has 3 rings (SSSR count).